The summed E-state index contributed by atoms with van der Waals surface area (Å²) in [5.41, 5.74) is 1.90. The first-order chi connectivity index (χ1) is 9.66. The van der Waals surface area contributed by atoms with Crippen molar-refractivity contribution >= 4 is 5.78 Å². The number of carbonyl (C=O) groups is 1. The molecular formula is C16H13F2NO. The van der Waals surface area contributed by atoms with E-state index >= 15 is 0 Å². The van der Waals surface area contributed by atoms with Gasteiger partial charge in [0.2, 0.25) is 0 Å². The number of halogens is 2. The molecule has 1 atom stereocenters. The number of ketones is 1. The zero-order valence-corrected chi connectivity index (χ0v) is 10.7. The Bertz CT molecular complexity index is 669. The van der Waals surface area contributed by atoms with Crippen LogP contribution < -0.4 is 5.32 Å². The molecule has 1 unspecified atom stereocenters. The van der Waals surface area contributed by atoms with Crippen LogP contribution in [0.25, 0.3) is 0 Å². The zero-order chi connectivity index (χ0) is 14.1. The van der Waals surface area contributed by atoms with Crippen molar-refractivity contribution in [1.29, 1.82) is 0 Å². The second-order valence-electron chi connectivity index (χ2n) is 4.87. The Morgan fingerprint density at radius 2 is 1.95 bits per heavy atom. The average molecular weight is 273 g/mol. The van der Waals surface area contributed by atoms with Crippen molar-refractivity contribution in [2.75, 3.05) is 6.54 Å². The first-order valence-electron chi connectivity index (χ1n) is 6.44. The summed E-state index contributed by atoms with van der Waals surface area (Å²) >= 11 is 0. The molecule has 0 aromatic heterocycles. The third-order valence-electron chi connectivity index (χ3n) is 3.61. The van der Waals surface area contributed by atoms with Crippen LogP contribution in [-0.4, -0.2) is 12.3 Å². The fourth-order valence-corrected chi connectivity index (χ4v) is 2.61. The summed E-state index contributed by atoms with van der Waals surface area (Å²) in [6.07, 6.45) is 0. The summed E-state index contributed by atoms with van der Waals surface area (Å²) < 4.78 is 26.7. The lowest BCUT2D eigenvalue weighted by Crippen LogP contribution is -2.33. The van der Waals surface area contributed by atoms with Crippen molar-refractivity contribution in [3.05, 3.63) is 70.8 Å². The van der Waals surface area contributed by atoms with Gasteiger partial charge in [0.25, 0.3) is 0 Å². The Morgan fingerprint density at radius 1 is 1.15 bits per heavy atom. The Hall–Kier alpha value is -2.07. The molecule has 1 aliphatic rings. The number of Topliss-reactive ketones (excluding diaryl/α,β-unsaturated/α-hetero) is 1. The fourth-order valence-electron chi connectivity index (χ4n) is 2.61. The van der Waals surface area contributed by atoms with Crippen LogP contribution in [0.3, 0.4) is 0 Å². The van der Waals surface area contributed by atoms with Gasteiger partial charge in [-0.15, -0.1) is 0 Å². The molecule has 0 saturated carbocycles. The minimum absolute atomic E-state index is 0.0603. The van der Waals surface area contributed by atoms with E-state index in [1.165, 1.54) is 6.07 Å². The van der Waals surface area contributed by atoms with Gasteiger partial charge in [0.05, 0.1) is 11.5 Å². The molecule has 3 rings (SSSR count). The fraction of sp³-hybridized carbons (Fsp3) is 0.188. The van der Waals surface area contributed by atoms with Crippen molar-refractivity contribution in [1.82, 2.24) is 5.32 Å². The van der Waals surface area contributed by atoms with Gasteiger partial charge in [-0.2, -0.15) is 0 Å². The van der Waals surface area contributed by atoms with Crippen LogP contribution in [-0.2, 0) is 6.54 Å². The quantitative estimate of drug-likeness (QED) is 0.852. The van der Waals surface area contributed by atoms with Crippen molar-refractivity contribution in [2.45, 2.75) is 12.5 Å². The molecule has 0 amide bonds. The number of fused-ring (bicyclic) bond motifs is 1. The summed E-state index contributed by atoms with van der Waals surface area (Å²) in [4.78, 5) is 12.5. The lowest BCUT2D eigenvalue weighted by molar-refractivity contribution is 0.0951. The highest BCUT2D eigenvalue weighted by Crippen LogP contribution is 2.28. The maximum Gasteiger partial charge on any atom is 0.174 e. The maximum atomic E-state index is 13.8. The first kappa shape index (κ1) is 12.9. The van der Waals surface area contributed by atoms with Gasteiger partial charge in [0.1, 0.15) is 11.6 Å². The van der Waals surface area contributed by atoms with Crippen molar-refractivity contribution in [3.63, 3.8) is 0 Å². The van der Waals surface area contributed by atoms with E-state index in [0.29, 0.717) is 13.1 Å². The molecule has 0 spiro atoms. The second kappa shape index (κ2) is 5.13. The summed E-state index contributed by atoms with van der Waals surface area (Å²) in [5, 5.41) is 3.16. The lowest BCUT2D eigenvalue weighted by Gasteiger charge is -2.25. The average Bonchev–Trinajstić information content (AvgIpc) is 2.46. The van der Waals surface area contributed by atoms with Crippen LogP contribution in [0.1, 0.15) is 27.4 Å². The highest BCUT2D eigenvalue weighted by atomic mass is 19.1. The molecule has 1 N–H and O–H groups in total. The van der Waals surface area contributed by atoms with Crippen LogP contribution in [0.2, 0.25) is 0 Å². The Balaban J connectivity index is 2.00. The molecule has 0 aliphatic carbocycles. The number of carbonyl (C=O) groups excluding carboxylic acids is 1. The minimum atomic E-state index is -0.807. The third kappa shape index (κ3) is 2.23. The van der Waals surface area contributed by atoms with Crippen LogP contribution in [0.15, 0.2) is 42.5 Å². The van der Waals surface area contributed by atoms with Gasteiger partial charge in [-0.05, 0) is 23.3 Å². The van der Waals surface area contributed by atoms with E-state index < -0.39 is 17.6 Å². The molecule has 0 saturated heterocycles. The predicted molar refractivity (Wildman–Crippen MR) is 71.6 cm³/mol. The molecule has 0 bridgehead atoms. The van der Waals surface area contributed by atoms with Crippen LogP contribution in [0.5, 0.6) is 0 Å². The first-order valence-corrected chi connectivity index (χ1v) is 6.44. The molecule has 2 nitrogen and oxygen atoms in total. The van der Waals surface area contributed by atoms with Crippen molar-refractivity contribution in [2.24, 2.45) is 0 Å². The summed E-state index contributed by atoms with van der Waals surface area (Å²) in [6, 6.07) is 10.7. The van der Waals surface area contributed by atoms with E-state index in [4.69, 9.17) is 0 Å². The van der Waals surface area contributed by atoms with Crippen molar-refractivity contribution in [3.8, 4) is 0 Å². The van der Waals surface area contributed by atoms with Gasteiger partial charge < -0.3 is 5.32 Å². The largest absolute Gasteiger partial charge is 0.312 e. The Kier molecular flexibility index (Phi) is 3.32. The lowest BCUT2D eigenvalue weighted by atomic mass is 9.85. The van der Waals surface area contributed by atoms with Crippen LogP contribution >= 0.6 is 0 Å². The predicted octanol–water partition coefficient (Wildman–Crippen LogP) is 3.03. The van der Waals surface area contributed by atoms with E-state index in [1.807, 2.05) is 24.3 Å². The Morgan fingerprint density at radius 3 is 2.75 bits per heavy atom. The standard InChI is InChI=1S/C16H13F2NO/c17-11-5-6-13(15(18)7-11)16(20)14-9-19-8-10-3-1-2-4-12(10)14/h1-7,14,19H,8-9H2. The topological polar surface area (TPSA) is 29.1 Å². The summed E-state index contributed by atoms with van der Waals surface area (Å²) in [6.45, 7) is 1.17. The van der Waals surface area contributed by atoms with Gasteiger partial charge in [0, 0.05) is 19.2 Å². The normalized spacial score (nSPS) is 17.6. The molecular weight excluding hydrogens is 260 g/mol. The number of hydrogen-bond acceptors (Lipinski definition) is 2. The zero-order valence-electron chi connectivity index (χ0n) is 10.7. The third-order valence-corrected chi connectivity index (χ3v) is 3.61. The molecule has 1 aliphatic heterocycles. The molecule has 102 valence electrons. The number of hydrogen-bond donors (Lipinski definition) is 1. The number of benzene rings is 2. The van der Waals surface area contributed by atoms with Gasteiger partial charge in [-0.1, -0.05) is 24.3 Å². The minimum Gasteiger partial charge on any atom is -0.312 e. The smallest absolute Gasteiger partial charge is 0.174 e. The van der Waals surface area contributed by atoms with Crippen LogP contribution in [0.4, 0.5) is 8.78 Å². The molecule has 20 heavy (non-hydrogen) atoms. The van der Waals surface area contributed by atoms with E-state index in [2.05, 4.69) is 5.32 Å². The number of nitrogens with one attached hydrogen (secondary N) is 1. The highest BCUT2D eigenvalue weighted by molar-refractivity contribution is 6.01. The van der Waals surface area contributed by atoms with E-state index in [-0.39, 0.29) is 11.3 Å². The molecule has 2 aromatic rings. The summed E-state index contributed by atoms with van der Waals surface area (Å²) in [7, 11) is 0. The second-order valence-corrected chi connectivity index (χ2v) is 4.87. The van der Waals surface area contributed by atoms with E-state index in [0.717, 1.165) is 23.3 Å². The van der Waals surface area contributed by atoms with Crippen molar-refractivity contribution < 1.29 is 13.6 Å². The highest BCUT2D eigenvalue weighted by Gasteiger charge is 2.28. The van der Waals surface area contributed by atoms with E-state index in [1.54, 1.807) is 0 Å². The molecule has 0 radical (unpaired) electrons. The van der Waals surface area contributed by atoms with Crippen LogP contribution in [0, 0.1) is 11.6 Å². The van der Waals surface area contributed by atoms with Gasteiger partial charge >= 0.3 is 0 Å². The van der Waals surface area contributed by atoms with E-state index in [9.17, 15) is 13.6 Å². The molecule has 4 heteroatoms. The van der Waals surface area contributed by atoms with Gasteiger partial charge in [-0.25, -0.2) is 8.78 Å². The number of rotatable bonds is 2. The molecule has 2 aromatic carbocycles. The van der Waals surface area contributed by atoms with Gasteiger partial charge in [-0.3, -0.25) is 4.79 Å². The SMILES string of the molecule is O=C(c1ccc(F)cc1F)C1CNCc2ccccc21. The Labute approximate surface area is 115 Å². The summed E-state index contributed by atoms with van der Waals surface area (Å²) in [5.74, 6) is -2.23. The van der Waals surface area contributed by atoms with Gasteiger partial charge in [0.15, 0.2) is 5.78 Å². The molecule has 0 fully saturated rings. The monoisotopic (exact) mass is 273 g/mol. The maximum absolute atomic E-state index is 13.8. The molecule has 1 heterocycles.